The highest BCUT2D eigenvalue weighted by molar-refractivity contribution is 5.45. The minimum Gasteiger partial charge on any atom is -0.353 e. The van der Waals surface area contributed by atoms with Crippen LogP contribution in [0.3, 0.4) is 0 Å². The van der Waals surface area contributed by atoms with Crippen LogP contribution in [0.15, 0.2) is 18.2 Å². The van der Waals surface area contributed by atoms with Gasteiger partial charge in [0, 0.05) is 18.8 Å². The zero-order chi connectivity index (χ0) is 11.1. The van der Waals surface area contributed by atoms with Gasteiger partial charge < -0.3 is 10.6 Å². The molecule has 0 atom stereocenters. The Morgan fingerprint density at radius 3 is 2.60 bits per heavy atom. The molecule has 0 saturated carbocycles. The second kappa shape index (κ2) is 3.49. The summed E-state index contributed by atoms with van der Waals surface area (Å²) in [6.07, 6.45) is 0. The Kier molecular flexibility index (Phi) is 2.43. The van der Waals surface area contributed by atoms with E-state index >= 15 is 0 Å². The molecule has 0 radical (unpaired) electrons. The molecule has 2 rings (SSSR count). The summed E-state index contributed by atoms with van der Waals surface area (Å²) in [6.45, 7) is 8.21. The molecular weight excluding hydrogens is 186 g/mol. The molecule has 1 aliphatic heterocycles. The minimum absolute atomic E-state index is 0.0224. The first kappa shape index (κ1) is 10.4. The van der Waals surface area contributed by atoms with Gasteiger partial charge in [-0.25, -0.2) is 4.98 Å². The number of rotatable bonds is 2. The molecule has 0 aromatic carbocycles. The Labute approximate surface area is 91.3 Å². The largest absolute Gasteiger partial charge is 0.353 e. The number of nitrogens with two attached hydrogens (primary N) is 1. The van der Waals surface area contributed by atoms with Crippen LogP contribution >= 0.6 is 0 Å². The molecular formula is C12H19N3. The summed E-state index contributed by atoms with van der Waals surface area (Å²) in [4.78, 5) is 6.73. The van der Waals surface area contributed by atoms with Crippen molar-refractivity contribution in [2.75, 3.05) is 18.0 Å². The average Bonchev–Trinajstić information content (AvgIpc) is 2.12. The fraction of sp³-hybridized carbons (Fsp3) is 0.583. The van der Waals surface area contributed by atoms with E-state index < -0.39 is 0 Å². The van der Waals surface area contributed by atoms with Gasteiger partial charge in [-0.05, 0) is 25.0 Å². The standard InChI is InChI=1S/C12H19N3/c1-9(2)12(13)7-15(8-12)11-6-4-5-10(3)14-11/h4-6,9H,7-8,13H2,1-3H3. The van der Waals surface area contributed by atoms with E-state index in [1.54, 1.807) is 0 Å². The molecule has 1 aromatic rings. The van der Waals surface area contributed by atoms with Gasteiger partial charge in [-0.1, -0.05) is 19.9 Å². The van der Waals surface area contributed by atoms with Crippen LogP contribution in [0.25, 0.3) is 0 Å². The molecule has 0 amide bonds. The number of pyridine rings is 1. The van der Waals surface area contributed by atoms with Crippen molar-refractivity contribution < 1.29 is 0 Å². The van der Waals surface area contributed by atoms with Crippen molar-refractivity contribution in [3.63, 3.8) is 0 Å². The highest BCUT2D eigenvalue weighted by atomic mass is 15.3. The van der Waals surface area contributed by atoms with Crippen LogP contribution in [-0.4, -0.2) is 23.6 Å². The lowest BCUT2D eigenvalue weighted by Gasteiger charge is -2.51. The molecule has 0 unspecified atom stereocenters. The lowest BCUT2D eigenvalue weighted by atomic mass is 9.80. The minimum atomic E-state index is -0.0224. The number of hydrogen-bond acceptors (Lipinski definition) is 3. The van der Waals surface area contributed by atoms with E-state index in [0.29, 0.717) is 5.92 Å². The predicted molar refractivity (Wildman–Crippen MR) is 62.9 cm³/mol. The highest BCUT2D eigenvalue weighted by Gasteiger charge is 2.42. The van der Waals surface area contributed by atoms with Crippen LogP contribution < -0.4 is 10.6 Å². The molecule has 1 fully saturated rings. The smallest absolute Gasteiger partial charge is 0.128 e. The third-order valence-corrected chi connectivity index (χ3v) is 3.32. The third kappa shape index (κ3) is 1.84. The Morgan fingerprint density at radius 2 is 2.07 bits per heavy atom. The quantitative estimate of drug-likeness (QED) is 0.796. The molecule has 0 spiro atoms. The van der Waals surface area contributed by atoms with Gasteiger partial charge in [0.05, 0.1) is 5.54 Å². The summed E-state index contributed by atoms with van der Waals surface area (Å²) < 4.78 is 0. The van der Waals surface area contributed by atoms with Gasteiger partial charge in [-0.15, -0.1) is 0 Å². The second-order valence-corrected chi connectivity index (χ2v) is 4.88. The molecule has 0 bridgehead atoms. The predicted octanol–water partition coefficient (Wildman–Crippen LogP) is 1.56. The first-order valence-electron chi connectivity index (χ1n) is 5.49. The first-order valence-corrected chi connectivity index (χ1v) is 5.49. The summed E-state index contributed by atoms with van der Waals surface area (Å²) in [5, 5.41) is 0. The lowest BCUT2D eigenvalue weighted by molar-refractivity contribution is 0.243. The van der Waals surface area contributed by atoms with Crippen LogP contribution in [0.4, 0.5) is 5.82 Å². The maximum atomic E-state index is 6.24. The van der Waals surface area contributed by atoms with Gasteiger partial charge in [0.25, 0.3) is 0 Å². The molecule has 2 heterocycles. The van der Waals surface area contributed by atoms with Gasteiger partial charge in [0.2, 0.25) is 0 Å². The SMILES string of the molecule is Cc1cccc(N2CC(N)(C(C)C)C2)n1. The van der Waals surface area contributed by atoms with Crippen molar-refractivity contribution in [3.8, 4) is 0 Å². The fourth-order valence-electron chi connectivity index (χ4n) is 1.90. The van der Waals surface area contributed by atoms with Crippen LogP contribution in [0.2, 0.25) is 0 Å². The summed E-state index contributed by atoms with van der Waals surface area (Å²) in [5.41, 5.74) is 7.28. The van der Waals surface area contributed by atoms with Gasteiger partial charge in [-0.3, -0.25) is 0 Å². The van der Waals surface area contributed by atoms with Crippen molar-refractivity contribution in [2.45, 2.75) is 26.3 Å². The van der Waals surface area contributed by atoms with Crippen molar-refractivity contribution in [1.82, 2.24) is 4.98 Å². The number of anilines is 1. The van der Waals surface area contributed by atoms with E-state index in [2.05, 4.69) is 23.7 Å². The highest BCUT2D eigenvalue weighted by Crippen LogP contribution is 2.29. The van der Waals surface area contributed by atoms with E-state index in [0.717, 1.165) is 24.6 Å². The topological polar surface area (TPSA) is 42.1 Å². The van der Waals surface area contributed by atoms with Crippen LogP contribution in [-0.2, 0) is 0 Å². The van der Waals surface area contributed by atoms with E-state index in [1.807, 2.05) is 25.1 Å². The van der Waals surface area contributed by atoms with E-state index in [1.165, 1.54) is 0 Å². The second-order valence-electron chi connectivity index (χ2n) is 4.88. The third-order valence-electron chi connectivity index (χ3n) is 3.32. The molecule has 3 heteroatoms. The van der Waals surface area contributed by atoms with Crippen LogP contribution in [0.1, 0.15) is 19.5 Å². The summed E-state index contributed by atoms with van der Waals surface area (Å²) in [7, 11) is 0. The molecule has 15 heavy (non-hydrogen) atoms. The van der Waals surface area contributed by atoms with E-state index in [9.17, 15) is 0 Å². The summed E-state index contributed by atoms with van der Waals surface area (Å²) in [5.74, 6) is 1.58. The Morgan fingerprint density at radius 1 is 1.40 bits per heavy atom. The van der Waals surface area contributed by atoms with Gasteiger partial charge in [0.15, 0.2) is 0 Å². The van der Waals surface area contributed by atoms with Crippen molar-refractivity contribution >= 4 is 5.82 Å². The van der Waals surface area contributed by atoms with E-state index in [4.69, 9.17) is 5.73 Å². The molecule has 1 aliphatic rings. The Hall–Kier alpha value is -1.09. The molecule has 82 valence electrons. The van der Waals surface area contributed by atoms with E-state index in [-0.39, 0.29) is 5.54 Å². The maximum Gasteiger partial charge on any atom is 0.128 e. The van der Waals surface area contributed by atoms with Crippen molar-refractivity contribution in [2.24, 2.45) is 11.7 Å². The van der Waals surface area contributed by atoms with Gasteiger partial charge >= 0.3 is 0 Å². The van der Waals surface area contributed by atoms with Gasteiger partial charge in [0.1, 0.15) is 5.82 Å². The first-order chi connectivity index (χ1) is 7.01. The summed E-state index contributed by atoms with van der Waals surface area (Å²) >= 11 is 0. The lowest BCUT2D eigenvalue weighted by Crippen LogP contribution is -2.70. The molecule has 1 aromatic heterocycles. The average molecular weight is 205 g/mol. The Bertz CT molecular complexity index is 354. The number of nitrogens with zero attached hydrogens (tertiary/aromatic N) is 2. The number of aryl methyl sites for hydroxylation is 1. The maximum absolute atomic E-state index is 6.24. The monoisotopic (exact) mass is 205 g/mol. The van der Waals surface area contributed by atoms with Crippen LogP contribution in [0.5, 0.6) is 0 Å². The van der Waals surface area contributed by atoms with Crippen molar-refractivity contribution in [3.05, 3.63) is 23.9 Å². The molecule has 3 nitrogen and oxygen atoms in total. The Balaban J connectivity index is 2.06. The normalized spacial score (nSPS) is 19.1. The summed E-state index contributed by atoms with van der Waals surface area (Å²) in [6, 6.07) is 6.11. The van der Waals surface area contributed by atoms with Crippen LogP contribution in [0, 0.1) is 12.8 Å². The zero-order valence-corrected chi connectivity index (χ0v) is 9.70. The fourth-order valence-corrected chi connectivity index (χ4v) is 1.90. The van der Waals surface area contributed by atoms with Gasteiger partial charge in [-0.2, -0.15) is 0 Å². The van der Waals surface area contributed by atoms with Crippen molar-refractivity contribution in [1.29, 1.82) is 0 Å². The number of aromatic nitrogens is 1. The molecule has 0 aliphatic carbocycles. The molecule has 1 saturated heterocycles. The molecule has 2 N–H and O–H groups in total. The number of hydrogen-bond donors (Lipinski definition) is 1. The zero-order valence-electron chi connectivity index (χ0n) is 9.70.